The van der Waals surface area contributed by atoms with Crippen LogP contribution in [0.5, 0.6) is 0 Å². The van der Waals surface area contributed by atoms with Gasteiger partial charge in [-0.3, -0.25) is 0 Å². The number of aromatic nitrogens is 7. The fourth-order valence-electron chi connectivity index (χ4n) is 1.18. The Labute approximate surface area is 76.1 Å². The molecule has 0 fully saturated rings. The molecule has 3 rings (SSSR count). The van der Waals surface area contributed by atoms with Gasteiger partial charge in [0, 0.05) is 7.05 Å². The van der Waals surface area contributed by atoms with Crippen molar-refractivity contribution in [2.75, 3.05) is 12.4 Å². The number of anilines is 1. The first-order valence-corrected chi connectivity index (χ1v) is 3.78. The van der Waals surface area contributed by atoms with Gasteiger partial charge in [0.25, 0.3) is 0 Å². The number of nitrogens with zero attached hydrogens (tertiary/aromatic N) is 7. The average molecular weight is 192 g/mol. The molecular weight excluding hydrogens is 188 g/mol. The number of rotatable bonds is 1. The summed E-state index contributed by atoms with van der Waals surface area (Å²) in [6.07, 6.45) is 0. The highest BCUT2D eigenvalue weighted by molar-refractivity contribution is 5.75. The molecule has 3 aromatic heterocycles. The maximum Gasteiger partial charge on any atom is 0.248 e. The normalized spacial score (nSPS) is 11.2. The summed E-state index contributed by atoms with van der Waals surface area (Å²) in [6.45, 7) is 0. The zero-order chi connectivity index (χ0) is 9.54. The predicted molar refractivity (Wildman–Crippen MR) is 43.5 cm³/mol. The molecule has 0 aliphatic carbocycles. The van der Waals surface area contributed by atoms with Crippen LogP contribution >= 0.6 is 0 Å². The SMILES string of the molecule is CNc1nc2nonc2n2nnnc12. The van der Waals surface area contributed by atoms with Crippen LogP contribution in [0.2, 0.25) is 0 Å². The van der Waals surface area contributed by atoms with Crippen molar-refractivity contribution in [1.82, 2.24) is 35.3 Å². The summed E-state index contributed by atoms with van der Waals surface area (Å²) in [6, 6.07) is 0. The molecular formula is C5H4N8O. The van der Waals surface area contributed by atoms with Gasteiger partial charge in [-0.05, 0) is 20.7 Å². The van der Waals surface area contributed by atoms with Crippen molar-refractivity contribution in [3.63, 3.8) is 0 Å². The van der Waals surface area contributed by atoms with Crippen molar-refractivity contribution in [2.24, 2.45) is 0 Å². The highest BCUT2D eigenvalue weighted by Crippen LogP contribution is 2.14. The first-order valence-electron chi connectivity index (χ1n) is 3.78. The van der Waals surface area contributed by atoms with Crippen molar-refractivity contribution in [3.8, 4) is 0 Å². The fourth-order valence-corrected chi connectivity index (χ4v) is 1.18. The third-order valence-electron chi connectivity index (χ3n) is 1.79. The lowest BCUT2D eigenvalue weighted by molar-refractivity contribution is 0.313. The van der Waals surface area contributed by atoms with Crippen LogP contribution in [0.3, 0.4) is 0 Å². The van der Waals surface area contributed by atoms with Crippen LogP contribution in [0, 0.1) is 0 Å². The average Bonchev–Trinajstić information content (AvgIpc) is 2.83. The lowest BCUT2D eigenvalue weighted by Crippen LogP contribution is -2.00. The fraction of sp³-hybridized carbons (Fsp3) is 0.200. The van der Waals surface area contributed by atoms with Gasteiger partial charge >= 0.3 is 0 Å². The summed E-state index contributed by atoms with van der Waals surface area (Å²) >= 11 is 0. The van der Waals surface area contributed by atoms with Gasteiger partial charge in [0.1, 0.15) is 0 Å². The van der Waals surface area contributed by atoms with Gasteiger partial charge in [0.15, 0.2) is 5.82 Å². The van der Waals surface area contributed by atoms with E-state index in [1.54, 1.807) is 7.05 Å². The van der Waals surface area contributed by atoms with Gasteiger partial charge in [0.2, 0.25) is 16.9 Å². The number of hydrogen-bond donors (Lipinski definition) is 1. The summed E-state index contributed by atoms with van der Waals surface area (Å²) in [5, 5.41) is 21.1. The van der Waals surface area contributed by atoms with E-state index in [1.807, 2.05) is 0 Å². The number of fused-ring (bicyclic) bond motifs is 3. The van der Waals surface area contributed by atoms with Gasteiger partial charge in [-0.25, -0.2) is 9.61 Å². The van der Waals surface area contributed by atoms with Crippen LogP contribution in [-0.4, -0.2) is 42.4 Å². The number of nitrogens with one attached hydrogen (secondary N) is 1. The monoisotopic (exact) mass is 192 g/mol. The first-order chi connectivity index (χ1) is 6.90. The van der Waals surface area contributed by atoms with Crippen molar-refractivity contribution < 1.29 is 4.63 Å². The summed E-state index contributed by atoms with van der Waals surface area (Å²) in [5.41, 5.74) is 1.23. The minimum Gasteiger partial charge on any atom is -0.370 e. The Kier molecular flexibility index (Phi) is 1.19. The zero-order valence-electron chi connectivity index (χ0n) is 7.04. The van der Waals surface area contributed by atoms with E-state index in [0.29, 0.717) is 22.8 Å². The maximum absolute atomic E-state index is 4.54. The Balaban J connectivity index is 2.59. The quantitative estimate of drug-likeness (QED) is 0.528. The number of hydrogen-bond acceptors (Lipinski definition) is 8. The molecule has 9 nitrogen and oxygen atoms in total. The van der Waals surface area contributed by atoms with Crippen molar-refractivity contribution in [2.45, 2.75) is 0 Å². The molecule has 0 aromatic carbocycles. The molecule has 70 valence electrons. The van der Waals surface area contributed by atoms with E-state index >= 15 is 0 Å². The van der Waals surface area contributed by atoms with Crippen molar-refractivity contribution in [3.05, 3.63) is 0 Å². The summed E-state index contributed by atoms with van der Waals surface area (Å²) in [5.74, 6) is 0.526. The molecule has 0 aliphatic rings. The maximum atomic E-state index is 4.54. The van der Waals surface area contributed by atoms with Crippen LogP contribution in [-0.2, 0) is 0 Å². The second-order valence-electron chi connectivity index (χ2n) is 2.54. The summed E-state index contributed by atoms with van der Waals surface area (Å²) < 4.78 is 5.94. The standard InChI is InChI=1S/C5H4N8O/c1-6-2-4-8-11-12-13(4)5-3(7-2)9-14-10-5/h1H3,(H,6,7,9). The highest BCUT2D eigenvalue weighted by Gasteiger charge is 2.13. The predicted octanol–water partition coefficient (Wildman–Crippen LogP) is -0.903. The minimum absolute atomic E-state index is 0.356. The highest BCUT2D eigenvalue weighted by atomic mass is 16.6. The molecule has 0 radical (unpaired) electrons. The second kappa shape index (κ2) is 2.34. The van der Waals surface area contributed by atoms with E-state index in [-0.39, 0.29) is 0 Å². The molecule has 9 heteroatoms. The van der Waals surface area contributed by atoms with E-state index in [1.165, 1.54) is 4.52 Å². The van der Waals surface area contributed by atoms with E-state index in [0.717, 1.165) is 0 Å². The molecule has 0 bridgehead atoms. The minimum atomic E-state index is 0.356. The van der Waals surface area contributed by atoms with Gasteiger partial charge in [0.05, 0.1) is 0 Å². The van der Waals surface area contributed by atoms with E-state index < -0.39 is 0 Å². The Hall–Kier alpha value is -2.32. The molecule has 0 aliphatic heterocycles. The van der Waals surface area contributed by atoms with E-state index in [2.05, 4.69) is 40.8 Å². The molecule has 3 heterocycles. The van der Waals surface area contributed by atoms with Crippen LogP contribution in [0.25, 0.3) is 16.9 Å². The van der Waals surface area contributed by atoms with Gasteiger partial charge < -0.3 is 5.32 Å². The molecule has 0 spiro atoms. The topological polar surface area (TPSA) is 107 Å². The Bertz CT molecular complexity index is 596. The van der Waals surface area contributed by atoms with Crippen molar-refractivity contribution in [1.29, 1.82) is 0 Å². The largest absolute Gasteiger partial charge is 0.370 e. The van der Waals surface area contributed by atoms with Gasteiger partial charge in [-0.1, -0.05) is 0 Å². The van der Waals surface area contributed by atoms with Gasteiger partial charge in [-0.15, -0.1) is 5.10 Å². The zero-order valence-corrected chi connectivity index (χ0v) is 7.04. The summed E-state index contributed by atoms with van der Waals surface area (Å²) in [4.78, 5) is 4.11. The van der Waals surface area contributed by atoms with Crippen LogP contribution in [0.4, 0.5) is 5.82 Å². The van der Waals surface area contributed by atoms with Crippen LogP contribution in [0.15, 0.2) is 4.63 Å². The Morgan fingerprint density at radius 1 is 1.29 bits per heavy atom. The number of tetrazole rings is 1. The molecule has 0 saturated carbocycles. The van der Waals surface area contributed by atoms with Crippen LogP contribution < -0.4 is 5.32 Å². The molecule has 3 aromatic rings. The van der Waals surface area contributed by atoms with E-state index in [4.69, 9.17) is 0 Å². The second-order valence-corrected chi connectivity index (χ2v) is 2.54. The molecule has 0 amide bonds. The molecule has 0 unspecified atom stereocenters. The Morgan fingerprint density at radius 3 is 3.07 bits per heavy atom. The molecule has 0 saturated heterocycles. The first kappa shape index (κ1) is 7.12. The Morgan fingerprint density at radius 2 is 2.21 bits per heavy atom. The van der Waals surface area contributed by atoms with Crippen LogP contribution in [0.1, 0.15) is 0 Å². The third kappa shape index (κ3) is 0.727. The van der Waals surface area contributed by atoms with E-state index in [9.17, 15) is 0 Å². The van der Waals surface area contributed by atoms with Gasteiger partial charge in [-0.2, -0.15) is 4.52 Å². The third-order valence-corrected chi connectivity index (χ3v) is 1.79. The lowest BCUT2D eigenvalue weighted by atomic mass is 10.6. The summed E-state index contributed by atoms with van der Waals surface area (Å²) in [7, 11) is 1.72. The molecule has 0 atom stereocenters. The van der Waals surface area contributed by atoms with Crippen molar-refractivity contribution >= 4 is 22.8 Å². The molecule has 1 N–H and O–H groups in total. The molecule has 14 heavy (non-hydrogen) atoms. The lowest BCUT2D eigenvalue weighted by Gasteiger charge is -1.97. The smallest absolute Gasteiger partial charge is 0.248 e.